The molecular formula is C11H18N2O2. The SMILES string of the molecule is Cc1cc(C)n(CC(O)C(C)C)c(=O)n1. The van der Waals surface area contributed by atoms with Crippen LogP contribution in [0.3, 0.4) is 0 Å². The maximum atomic E-state index is 11.6. The van der Waals surface area contributed by atoms with Crippen molar-refractivity contribution in [2.75, 3.05) is 0 Å². The summed E-state index contributed by atoms with van der Waals surface area (Å²) in [5, 5.41) is 9.71. The van der Waals surface area contributed by atoms with Crippen LogP contribution < -0.4 is 5.69 Å². The summed E-state index contributed by atoms with van der Waals surface area (Å²) in [6.07, 6.45) is -0.508. The number of hydrogen-bond donors (Lipinski definition) is 1. The fourth-order valence-corrected chi connectivity index (χ4v) is 1.39. The molecule has 0 aliphatic heterocycles. The molecular weight excluding hydrogens is 192 g/mol. The molecule has 0 bridgehead atoms. The summed E-state index contributed by atoms with van der Waals surface area (Å²) >= 11 is 0. The highest BCUT2D eigenvalue weighted by atomic mass is 16.3. The van der Waals surface area contributed by atoms with Gasteiger partial charge < -0.3 is 5.11 Å². The minimum atomic E-state index is -0.508. The van der Waals surface area contributed by atoms with Crippen molar-refractivity contribution in [3.05, 3.63) is 27.9 Å². The number of hydrogen-bond acceptors (Lipinski definition) is 3. The van der Waals surface area contributed by atoms with E-state index in [9.17, 15) is 9.90 Å². The lowest BCUT2D eigenvalue weighted by Gasteiger charge is -2.17. The van der Waals surface area contributed by atoms with E-state index in [1.54, 1.807) is 6.92 Å². The predicted octanol–water partition coefficient (Wildman–Crippen LogP) is 0.877. The zero-order valence-corrected chi connectivity index (χ0v) is 9.69. The van der Waals surface area contributed by atoms with Gasteiger partial charge in [0.25, 0.3) is 0 Å². The highest BCUT2D eigenvalue weighted by molar-refractivity contribution is 5.06. The van der Waals surface area contributed by atoms with Crippen LogP contribution in [0.2, 0.25) is 0 Å². The third-order valence-corrected chi connectivity index (χ3v) is 2.49. The van der Waals surface area contributed by atoms with Crippen LogP contribution >= 0.6 is 0 Å². The molecule has 4 heteroatoms. The molecule has 0 aliphatic rings. The molecule has 0 aliphatic carbocycles. The van der Waals surface area contributed by atoms with E-state index in [0.29, 0.717) is 12.2 Å². The Bertz CT molecular complexity index is 396. The third-order valence-electron chi connectivity index (χ3n) is 2.49. The van der Waals surface area contributed by atoms with Crippen LogP contribution in [0.1, 0.15) is 25.2 Å². The van der Waals surface area contributed by atoms with E-state index < -0.39 is 6.10 Å². The predicted molar refractivity (Wildman–Crippen MR) is 58.8 cm³/mol. The van der Waals surface area contributed by atoms with Gasteiger partial charge in [0.15, 0.2) is 0 Å². The lowest BCUT2D eigenvalue weighted by Crippen LogP contribution is -2.32. The van der Waals surface area contributed by atoms with Crippen molar-refractivity contribution < 1.29 is 5.11 Å². The fraction of sp³-hybridized carbons (Fsp3) is 0.636. The standard InChI is InChI=1S/C11H18N2O2/c1-7(2)10(14)6-13-9(4)5-8(3)12-11(13)15/h5,7,10,14H,6H2,1-4H3. The largest absolute Gasteiger partial charge is 0.391 e. The Morgan fingerprint density at radius 1 is 1.47 bits per heavy atom. The topological polar surface area (TPSA) is 55.1 Å². The third kappa shape index (κ3) is 2.89. The van der Waals surface area contributed by atoms with Crippen molar-refractivity contribution in [3.63, 3.8) is 0 Å². The second-order valence-electron chi connectivity index (χ2n) is 4.24. The maximum Gasteiger partial charge on any atom is 0.348 e. The highest BCUT2D eigenvalue weighted by Crippen LogP contribution is 2.05. The second kappa shape index (κ2) is 4.57. The number of aryl methyl sites for hydroxylation is 2. The van der Waals surface area contributed by atoms with E-state index in [2.05, 4.69) is 4.98 Å². The Kier molecular flexibility index (Phi) is 3.63. The molecule has 1 rings (SSSR count). The van der Waals surface area contributed by atoms with Crippen LogP contribution in [0.5, 0.6) is 0 Å². The number of aromatic nitrogens is 2. The van der Waals surface area contributed by atoms with Crippen LogP contribution in [0.15, 0.2) is 10.9 Å². The molecule has 1 atom stereocenters. The lowest BCUT2D eigenvalue weighted by molar-refractivity contribution is 0.104. The Hall–Kier alpha value is -1.16. The zero-order chi connectivity index (χ0) is 11.6. The van der Waals surface area contributed by atoms with Gasteiger partial charge in [-0.1, -0.05) is 13.8 Å². The molecule has 15 heavy (non-hydrogen) atoms. The van der Waals surface area contributed by atoms with Gasteiger partial charge in [0.2, 0.25) is 0 Å². The van der Waals surface area contributed by atoms with E-state index in [-0.39, 0.29) is 11.6 Å². The minimum absolute atomic E-state index is 0.137. The van der Waals surface area contributed by atoms with E-state index in [1.165, 1.54) is 4.57 Å². The zero-order valence-electron chi connectivity index (χ0n) is 9.69. The van der Waals surface area contributed by atoms with Gasteiger partial charge in [-0.3, -0.25) is 4.57 Å². The van der Waals surface area contributed by atoms with Gasteiger partial charge in [0.05, 0.1) is 12.6 Å². The van der Waals surface area contributed by atoms with Crippen LogP contribution in [0.25, 0.3) is 0 Å². The van der Waals surface area contributed by atoms with Crippen LogP contribution in [0.4, 0.5) is 0 Å². The number of aliphatic hydroxyl groups is 1. The first-order valence-corrected chi connectivity index (χ1v) is 5.15. The molecule has 0 spiro atoms. The van der Waals surface area contributed by atoms with Crippen molar-refractivity contribution in [2.24, 2.45) is 5.92 Å². The van der Waals surface area contributed by atoms with Crippen LogP contribution in [-0.4, -0.2) is 20.8 Å². The number of nitrogens with zero attached hydrogens (tertiary/aromatic N) is 2. The van der Waals surface area contributed by atoms with E-state index in [1.807, 2.05) is 26.8 Å². The molecule has 1 unspecified atom stereocenters. The molecule has 0 saturated carbocycles. The first kappa shape index (κ1) is 11.9. The van der Waals surface area contributed by atoms with Crippen molar-refractivity contribution in [3.8, 4) is 0 Å². The van der Waals surface area contributed by atoms with Gasteiger partial charge in [0, 0.05) is 11.4 Å². The van der Waals surface area contributed by atoms with Gasteiger partial charge in [-0.25, -0.2) is 4.79 Å². The van der Waals surface area contributed by atoms with Crippen molar-refractivity contribution in [1.82, 2.24) is 9.55 Å². The molecule has 4 nitrogen and oxygen atoms in total. The number of rotatable bonds is 3. The molecule has 0 fully saturated rings. The lowest BCUT2D eigenvalue weighted by atomic mass is 10.1. The van der Waals surface area contributed by atoms with Crippen LogP contribution in [-0.2, 0) is 6.54 Å². The van der Waals surface area contributed by atoms with E-state index >= 15 is 0 Å². The first-order valence-electron chi connectivity index (χ1n) is 5.15. The molecule has 0 amide bonds. The Balaban J connectivity index is 3.00. The molecule has 0 saturated heterocycles. The second-order valence-corrected chi connectivity index (χ2v) is 4.24. The van der Waals surface area contributed by atoms with Gasteiger partial charge in [0.1, 0.15) is 0 Å². The van der Waals surface area contributed by atoms with Gasteiger partial charge >= 0.3 is 5.69 Å². The molecule has 0 aromatic carbocycles. The Labute approximate surface area is 89.6 Å². The molecule has 1 aromatic heterocycles. The molecule has 1 aromatic rings. The van der Waals surface area contributed by atoms with E-state index in [4.69, 9.17) is 0 Å². The minimum Gasteiger partial charge on any atom is -0.391 e. The normalized spacial score (nSPS) is 13.2. The van der Waals surface area contributed by atoms with Crippen molar-refractivity contribution in [2.45, 2.75) is 40.3 Å². The van der Waals surface area contributed by atoms with Crippen molar-refractivity contribution in [1.29, 1.82) is 0 Å². The number of aliphatic hydroxyl groups excluding tert-OH is 1. The Morgan fingerprint density at radius 3 is 2.53 bits per heavy atom. The van der Waals surface area contributed by atoms with Gasteiger partial charge in [-0.05, 0) is 25.8 Å². The average molecular weight is 210 g/mol. The van der Waals surface area contributed by atoms with Gasteiger partial charge in [-0.15, -0.1) is 0 Å². The van der Waals surface area contributed by atoms with Crippen molar-refractivity contribution >= 4 is 0 Å². The quantitative estimate of drug-likeness (QED) is 0.805. The summed E-state index contributed by atoms with van der Waals surface area (Å²) in [6.45, 7) is 7.80. The summed E-state index contributed by atoms with van der Waals surface area (Å²) in [5.41, 5.74) is 1.27. The summed E-state index contributed by atoms with van der Waals surface area (Å²) in [6, 6.07) is 1.84. The molecule has 84 valence electrons. The summed E-state index contributed by atoms with van der Waals surface area (Å²) in [5.74, 6) is 0.137. The maximum absolute atomic E-state index is 11.6. The Morgan fingerprint density at radius 2 is 2.07 bits per heavy atom. The first-order chi connectivity index (χ1) is 6.91. The van der Waals surface area contributed by atoms with Gasteiger partial charge in [-0.2, -0.15) is 4.98 Å². The molecule has 1 heterocycles. The smallest absolute Gasteiger partial charge is 0.348 e. The summed E-state index contributed by atoms with van der Waals surface area (Å²) < 4.78 is 1.51. The molecule has 0 radical (unpaired) electrons. The summed E-state index contributed by atoms with van der Waals surface area (Å²) in [4.78, 5) is 15.4. The summed E-state index contributed by atoms with van der Waals surface area (Å²) in [7, 11) is 0. The monoisotopic (exact) mass is 210 g/mol. The molecule has 1 N–H and O–H groups in total. The van der Waals surface area contributed by atoms with Crippen LogP contribution in [0, 0.1) is 19.8 Å². The fourth-order valence-electron chi connectivity index (χ4n) is 1.39. The highest BCUT2D eigenvalue weighted by Gasteiger charge is 2.12. The van der Waals surface area contributed by atoms with E-state index in [0.717, 1.165) is 5.69 Å². The average Bonchev–Trinajstić information content (AvgIpc) is 2.10.